The van der Waals surface area contributed by atoms with Gasteiger partial charge < -0.3 is 10.6 Å². The average Bonchev–Trinajstić information content (AvgIpc) is 2.57. The number of rotatable bonds is 6. The summed E-state index contributed by atoms with van der Waals surface area (Å²) in [6, 6.07) is 16.2. The predicted molar refractivity (Wildman–Crippen MR) is 98.1 cm³/mol. The maximum Gasteiger partial charge on any atom is 0.224 e. The number of nitrogens with zero attached hydrogens (tertiary/aromatic N) is 2. The van der Waals surface area contributed by atoms with Gasteiger partial charge in [-0.05, 0) is 48.4 Å². The van der Waals surface area contributed by atoms with Gasteiger partial charge in [-0.3, -0.25) is 0 Å². The van der Waals surface area contributed by atoms with Crippen LogP contribution in [0.5, 0.6) is 0 Å². The molecule has 3 aromatic rings. The maximum atomic E-state index is 12.9. The first-order valence-electron chi connectivity index (χ1n) is 7.53. The van der Waals surface area contributed by atoms with Crippen LogP contribution in [0.25, 0.3) is 0 Å². The zero-order valence-electron chi connectivity index (χ0n) is 12.8. The van der Waals surface area contributed by atoms with E-state index in [2.05, 4.69) is 36.5 Å². The summed E-state index contributed by atoms with van der Waals surface area (Å²) in [5.74, 6) is 1.05. The Balaban J connectivity index is 1.57. The van der Waals surface area contributed by atoms with Gasteiger partial charge in [-0.25, -0.2) is 9.37 Å². The van der Waals surface area contributed by atoms with Crippen molar-refractivity contribution in [1.29, 1.82) is 0 Å². The van der Waals surface area contributed by atoms with E-state index in [-0.39, 0.29) is 5.82 Å². The zero-order chi connectivity index (χ0) is 16.8. The van der Waals surface area contributed by atoms with Crippen molar-refractivity contribution in [2.75, 3.05) is 17.2 Å². The lowest BCUT2D eigenvalue weighted by atomic mass is 10.1. The zero-order valence-corrected chi connectivity index (χ0v) is 14.4. The third-order valence-electron chi connectivity index (χ3n) is 3.36. The Morgan fingerprint density at radius 1 is 1.04 bits per heavy atom. The number of anilines is 3. The Labute approximate surface area is 148 Å². The molecule has 2 N–H and O–H groups in total. The molecule has 3 rings (SSSR count). The summed E-state index contributed by atoms with van der Waals surface area (Å²) in [5.41, 5.74) is 2.01. The van der Waals surface area contributed by atoms with Crippen LogP contribution in [-0.4, -0.2) is 16.5 Å². The molecule has 2 aromatic carbocycles. The lowest BCUT2D eigenvalue weighted by Crippen LogP contribution is -2.08. The topological polar surface area (TPSA) is 49.8 Å². The molecule has 0 aliphatic rings. The maximum absolute atomic E-state index is 12.9. The van der Waals surface area contributed by atoms with Gasteiger partial charge in [0.2, 0.25) is 5.95 Å². The lowest BCUT2D eigenvalue weighted by molar-refractivity contribution is 0.627. The van der Waals surface area contributed by atoms with Crippen LogP contribution in [0.1, 0.15) is 5.56 Å². The summed E-state index contributed by atoms with van der Waals surface area (Å²) >= 11 is 3.44. The second kappa shape index (κ2) is 7.88. The van der Waals surface area contributed by atoms with Crippen molar-refractivity contribution in [1.82, 2.24) is 9.97 Å². The molecular weight excluding hydrogens is 371 g/mol. The van der Waals surface area contributed by atoms with Crippen LogP contribution < -0.4 is 10.6 Å². The first-order chi connectivity index (χ1) is 11.7. The van der Waals surface area contributed by atoms with Crippen LogP contribution in [0.2, 0.25) is 0 Å². The number of hydrogen-bond acceptors (Lipinski definition) is 4. The molecule has 0 aliphatic carbocycles. The number of nitrogens with one attached hydrogen (secondary N) is 2. The van der Waals surface area contributed by atoms with E-state index < -0.39 is 0 Å². The Morgan fingerprint density at radius 3 is 2.67 bits per heavy atom. The minimum absolute atomic E-state index is 0.221. The van der Waals surface area contributed by atoms with E-state index in [1.165, 1.54) is 12.1 Å². The van der Waals surface area contributed by atoms with Crippen molar-refractivity contribution < 1.29 is 4.39 Å². The Kier molecular flexibility index (Phi) is 5.38. The highest BCUT2D eigenvalue weighted by Crippen LogP contribution is 2.19. The fourth-order valence-corrected chi connectivity index (χ4v) is 2.60. The van der Waals surface area contributed by atoms with E-state index in [9.17, 15) is 4.39 Å². The first kappa shape index (κ1) is 16.4. The highest BCUT2D eigenvalue weighted by Gasteiger charge is 2.01. The van der Waals surface area contributed by atoms with Crippen molar-refractivity contribution in [2.45, 2.75) is 6.42 Å². The molecule has 4 nitrogen and oxygen atoms in total. The molecule has 0 aliphatic heterocycles. The van der Waals surface area contributed by atoms with Gasteiger partial charge in [0.1, 0.15) is 11.6 Å². The molecule has 0 saturated carbocycles. The third-order valence-corrected chi connectivity index (χ3v) is 3.86. The van der Waals surface area contributed by atoms with Gasteiger partial charge in [0.25, 0.3) is 0 Å². The smallest absolute Gasteiger partial charge is 0.224 e. The molecule has 0 amide bonds. The van der Waals surface area contributed by atoms with E-state index in [4.69, 9.17) is 0 Å². The van der Waals surface area contributed by atoms with Gasteiger partial charge in [0, 0.05) is 22.9 Å². The van der Waals surface area contributed by atoms with Gasteiger partial charge in [0.15, 0.2) is 0 Å². The normalized spacial score (nSPS) is 10.4. The Bertz CT molecular complexity index is 808. The number of halogens is 2. The first-order valence-corrected chi connectivity index (χ1v) is 8.32. The summed E-state index contributed by atoms with van der Waals surface area (Å²) in [5, 5.41) is 6.42. The fourth-order valence-electron chi connectivity index (χ4n) is 2.20. The molecule has 0 atom stereocenters. The van der Waals surface area contributed by atoms with E-state index in [1.807, 2.05) is 30.3 Å². The van der Waals surface area contributed by atoms with Gasteiger partial charge >= 0.3 is 0 Å². The van der Waals surface area contributed by atoms with E-state index in [0.717, 1.165) is 22.1 Å². The lowest BCUT2D eigenvalue weighted by Gasteiger charge is -2.09. The fraction of sp³-hybridized carbons (Fsp3) is 0.111. The van der Waals surface area contributed by atoms with Crippen LogP contribution in [-0.2, 0) is 6.42 Å². The third kappa shape index (κ3) is 4.76. The van der Waals surface area contributed by atoms with E-state index in [1.54, 1.807) is 18.3 Å². The molecule has 24 heavy (non-hydrogen) atoms. The van der Waals surface area contributed by atoms with Crippen molar-refractivity contribution in [2.24, 2.45) is 0 Å². The van der Waals surface area contributed by atoms with Crippen LogP contribution >= 0.6 is 15.9 Å². The Morgan fingerprint density at radius 2 is 1.88 bits per heavy atom. The van der Waals surface area contributed by atoms with Gasteiger partial charge in [-0.1, -0.05) is 34.1 Å². The van der Waals surface area contributed by atoms with Crippen LogP contribution in [0.15, 0.2) is 65.3 Å². The second-order valence-electron chi connectivity index (χ2n) is 5.20. The van der Waals surface area contributed by atoms with Crippen LogP contribution in [0, 0.1) is 5.82 Å². The molecule has 0 saturated heterocycles. The van der Waals surface area contributed by atoms with Gasteiger partial charge in [-0.15, -0.1) is 0 Å². The van der Waals surface area contributed by atoms with E-state index in [0.29, 0.717) is 18.3 Å². The molecule has 0 fully saturated rings. The average molecular weight is 387 g/mol. The van der Waals surface area contributed by atoms with E-state index >= 15 is 0 Å². The highest BCUT2D eigenvalue weighted by atomic mass is 79.9. The molecule has 1 heterocycles. The molecule has 0 radical (unpaired) electrons. The minimum atomic E-state index is -0.221. The largest absolute Gasteiger partial charge is 0.354 e. The molecule has 6 heteroatoms. The summed E-state index contributed by atoms with van der Waals surface area (Å²) in [6.45, 7) is 0.673. The van der Waals surface area contributed by atoms with Gasteiger partial charge in [-0.2, -0.15) is 4.98 Å². The minimum Gasteiger partial charge on any atom is -0.354 e. The quantitative estimate of drug-likeness (QED) is 0.640. The second-order valence-corrected chi connectivity index (χ2v) is 6.12. The van der Waals surface area contributed by atoms with Crippen LogP contribution in [0.3, 0.4) is 0 Å². The number of benzene rings is 2. The summed E-state index contributed by atoms with van der Waals surface area (Å²) < 4.78 is 13.9. The standard InChI is InChI=1S/C18H16BrFN4/c19-14-2-1-3-16(12-14)23-17-9-11-22-18(24-17)21-10-8-13-4-6-15(20)7-5-13/h1-7,9,11-12H,8,10H2,(H2,21,22,23,24). The summed E-state index contributed by atoms with van der Waals surface area (Å²) in [6.07, 6.45) is 2.47. The Hall–Kier alpha value is -2.47. The SMILES string of the molecule is Fc1ccc(CCNc2nccc(Nc3cccc(Br)c3)n2)cc1. The number of hydrogen-bond donors (Lipinski definition) is 2. The molecule has 0 spiro atoms. The van der Waals surface area contributed by atoms with Crippen molar-refractivity contribution in [3.05, 3.63) is 76.6 Å². The molecule has 0 bridgehead atoms. The monoisotopic (exact) mass is 386 g/mol. The molecule has 122 valence electrons. The summed E-state index contributed by atoms with van der Waals surface area (Å²) in [4.78, 5) is 8.65. The van der Waals surface area contributed by atoms with Crippen LogP contribution in [0.4, 0.5) is 21.8 Å². The molecule has 1 aromatic heterocycles. The summed E-state index contributed by atoms with van der Waals surface area (Å²) in [7, 11) is 0. The van der Waals surface area contributed by atoms with Crippen molar-refractivity contribution in [3.63, 3.8) is 0 Å². The predicted octanol–water partition coefficient (Wildman–Crippen LogP) is 4.78. The van der Waals surface area contributed by atoms with Gasteiger partial charge in [0.05, 0.1) is 0 Å². The molecular formula is C18H16BrFN4. The van der Waals surface area contributed by atoms with Crippen molar-refractivity contribution in [3.8, 4) is 0 Å². The van der Waals surface area contributed by atoms with Crippen molar-refractivity contribution >= 4 is 33.4 Å². The molecule has 0 unspecified atom stereocenters. The number of aromatic nitrogens is 2. The highest BCUT2D eigenvalue weighted by molar-refractivity contribution is 9.10.